The van der Waals surface area contributed by atoms with Crippen molar-refractivity contribution in [2.24, 2.45) is 0 Å². The third-order valence-electron chi connectivity index (χ3n) is 5.69. The van der Waals surface area contributed by atoms with E-state index in [1.165, 1.54) is 24.0 Å². The lowest BCUT2D eigenvalue weighted by Crippen LogP contribution is -2.26. The van der Waals surface area contributed by atoms with Crippen LogP contribution in [0.4, 0.5) is 0 Å². The SMILES string of the molecule is CN(Cn1nc(-c2cccnc2)n(C2CC2)c1=S)C1CCc2ccccc21. The van der Waals surface area contributed by atoms with Crippen molar-refractivity contribution in [3.63, 3.8) is 0 Å². The summed E-state index contributed by atoms with van der Waals surface area (Å²) in [5.41, 5.74) is 3.95. The molecule has 0 radical (unpaired) electrons. The highest BCUT2D eigenvalue weighted by Gasteiger charge is 2.30. The van der Waals surface area contributed by atoms with Crippen LogP contribution >= 0.6 is 12.2 Å². The Hall–Kier alpha value is -2.31. The van der Waals surface area contributed by atoms with Gasteiger partial charge in [-0.1, -0.05) is 24.3 Å². The van der Waals surface area contributed by atoms with E-state index >= 15 is 0 Å². The van der Waals surface area contributed by atoms with E-state index in [0.29, 0.717) is 18.8 Å². The monoisotopic (exact) mass is 377 g/mol. The Morgan fingerprint density at radius 2 is 2.00 bits per heavy atom. The fourth-order valence-corrected chi connectivity index (χ4v) is 4.50. The molecule has 2 aliphatic carbocycles. The normalized spacial score (nSPS) is 18.8. The number of pyridine rings is 1. The fraction of sp³-hybridized carbons (Fsp3) is 0.381. The first-order valence-corrected chi connectivity index (χ1v) is 10.0. The minimum absolute atomic E-state index is 0.427. The molecule has 0 spiro atoms. The van der Waals surface area contributed by atoms with Gasteiger partial charge in [0.25, 0.3) is 0 Å². The first kappa shape index (κ1) is 16.8. The molecule has 1 unspecified atom stereocenters. The van der Waals surface area contributed by atoms with Crippen LogP contribution in [0.3, 0.4) is 0 Å². The maximum atomic E-state index is 5.82. The molecular formula is C21H23N5S. The van der Waals surface area contributed by atoms with Gasteiger partial charge in [0, 0.05) is 30.0 Å². The second-order valence-electron chi connectivity index (χ2n) is 7.60. The minimum atomic E-state index is 0.427. The molecule has 2 heterocycles. The summed E-state index contributed by atoms with van der Waals surface area (Å²) in [4.78, 5) is 6.64. The summed E-state index contributed by atoms with van der Waals surface area (Å²) in [7, 11) is 2.18. The fourth-order valence-electron chi connectivity index (χ4n) is 4.17. The summed E-state index contributed by atoms with van der Waals surface area (Å²) in [6, 6.07) is 13.7. The molecule has 1 fully saturated rings. The molecule has 6 heteroatoms. The van der Waals surface area contributed by atoms with E-state index in [1.54, 1.807) is 6.20 Å². The molecule has 27 heavy (non-hydrogen) atoms. The van der Waals surface area contributed by atoms with Gasteiger partial charge in [-0.25, -0.2) is 4.68 Å². The van der Waals surface area contributed by atoms with Crippen LogP contribution in [0.1, 0.15) is 42.5 Å². The maximum absolute atomic E-state index is 5.82. The van der Waals surface area contributed by atoms with Crippen molar-refractivity contribution >= 4 is 12.2 Å². The lowest BCUT2D eigenvalue weighted by atomic mass is 10.1. The van der Waals surface area contributed by atoms with Crippen LogP contribution in [0.2, 0.25) is 0 Å². The van der Waals surface area contributed by atoms with E-state index in [1.807, 2.05) is 16.9 Å². The Morgan fingerprint density at radius 3 is 2.78 bits per heavy atom. The van der Waals surface area contributed by atoms with Crippen LogP contribution in [0, 0.1) is 4.77 Å². The zero-order valence-corrected chi connectivity index (χ0v) is 16.3. The molecule has 5 nitrogen and oxygen atoms in total. The molecule has 1 saturated carbocycles. The van der Waals surface area contributed by atoms with Crippen LogP contribution in [-0.4, -0.2) is 31.3 Å². The van der Waals surface area contributed by atoms with Crippen LogP contribution < -0.4 is 0 Å². The van der Waals surface area contributed by atoms with Gasteiger partial charge in [0.05, 0.1) is 6.67 Å². The van der Waals surface area contributed by atoms with Crippen molar-refractivity contribution in [1.82, 2.24) is 24.2 Å². The maximum Gasteiger partial charge on any atom is 0.199 e. The topological polar surface area (TPSA) is 38.9 Å². The highest BCUT2D eigenvalue weighted by atomic mass is 32.1. The largest absolute Gasteiger partial charge is 0.297 e. The zero-order valence-electron chi connectivity index (χ0n) is 15.5. The van der Waals surface area contributed by atoms with E-state index in [4.69, 9.17) is 17.3 Å². The summed E-state index contributed by atoms with van der Waals surface area (Å²) >= 11 is 5.82. The van der Waals surface area contributed by atoms with Gasteiger partial charge in [0.1, 0.15) is 0 Å². The first-order chi connectivity index (χ1) is 13.2. The number of aryl methyl sites for hydroxylation is 1. The highest BCUT2D eigenvalue weighted by Crippen LogP contribution is 2.39. The van der Waals surface area contributed by atoms with Crippen molar-refractivity contribution < 1.29 is 0 Å². The molecule has 0 bridgehead atoms. The molecule has 1 aromatic carbocycles. The van der Waals surface area contributed by atoms with E-state index in [0.717, 1.165) is 29.0 Å². The highest BCUT2D eigenvalue weighted by molar-refractivity contribution is 7.71. The molecule has 138 valence electrons. The van der Waals surface area contributed by atoms with Crippen LogP contribution in [0.25, 0.3) is 11.4 Å². The Kier molecular flexibility index (Phi) is 4.17. The van der Waals surface area contributed by atoms with Gasteiger partial charge < -0.3 is 0 Å². The molecular weight excluding hydrogens is 354 g/mol. The summed E-state index contributed by atoms with van der Waals surface area (Å²) in [5.74, 6) is 0.941. The van der Waals surface area contributed by atoms with Gasteiger partial charge in [-0.2, -0.15) is 5.10 Å². The molecule has 3 aromatic rings. The number of nitrogens with zero attached hydrogens (tertiary/aromatic N) is 5. The van der Waals surface area contributed by atoms with Gasteiger partial charge in [-0.05, 0) is 68.2 Å². The molecule has 2 aromatic heterocycles. The standard InChI is InChI=1S/C21H23N5S/c1-24(19-11-8-15-5-2-3-7-18(15)19)14-25-21(27)26(17-9-10-17)20(23-25)16-6-4-12-22-13-16/h2-7,12-13,17,19H,8-11,14H2,1H3. The zero-order chi connectivity index (χ0) is 18.4. The number of benzene rings is 1. The second-order valence-corrected chi connectivity index (χ2v) is 7.97. The van der Waals surface area contributed by atoms with Gasteiger partial charge in [-0.15, -0.1) is 0 Å². The molecule has 0 N–H and O–H groups in total. The molecule has 5 rings (SSSR count). The molecule has 1 atom stereocenters. The molecule has 0 aliphatic heterocycles. The lowest BCUT2D eigenvalue weighted by molar-refractivity contribution is 0.182. The number of hydrogen-bond acceptors (Lipinski definition) is 4. The molecule has 0 saturated heterocycles. The van der Waals surface area contributed by atoms with Crippen molar-refractivity contribution in [3.05, 3.63) is 64.7 Å². The average molecular weight is 378 g/mol. The molecule has 2 aliphatic rings. The predicted molar refractivity (Wildman–Crippen MR) is 108 cm³/mol. The van der Waals surface area contributed by atoms with E-state index < -0.39 is 0 Å². The summed E-state index contributed by atoms with van der Waals surface area (Å²) in [5, 5.41) is 4.90. The number of hydrogen-bond donors (Lipinski definition) is 0. The third-order valence-corrected chi connectivity index (χ3v) is 6.10. The van der Waals surface area contributed by atoms with Gasteiger partial charge in [0.15, 0.2) is 10.6 Å². The van der Waals surface area contributed by atoms with E-state index in [9.17, 15) is 0 Å². The number of fused-ring (bicyclic) bond motifs is 1. The Balaban J connectivity index is 1.47. The van der Waals surface area contributed by atoms with Crippen LogP contribution in [0.5, 0.6) is 0 Å². The van der Waals surface area contributed by atoms with Gasteiger partial charge in [-0.3, -0.25) is 14.5 Å². The summed E-state index contributed by atoms with van der Waals surface area (Å²) in [6.45, 7) is 0.699. The Labute approximate surface area is 164 Å². The smallest absolute Gasteiger partial charge is 0.199 e. The third kappa shape index (κ3) is 3.03. The minimum Gasteiger partial charge on any atom is -0.297 e. The van der Waals surface area contributed by atoms with Crippen molar-refractivity contribution in [2.75, 3.05) is 7.05 Å². The number of rotatable bonds is 5. The van der Waals surface area contributed by atoms with Crippen LogP contribution in [0.15, 0.2) is 48.8 Å². The van der Waals surface area contributed by atoms with E-state index in [-0.39, 0.29) is 0 Å². The van der Waals surface area contributed by atoms with Crippen molar-refractivity contribution in [2.45, 2.75) is 44.4 Å². The predicted octanol–water partition coefficient (Wildman–Crippen LogP) is 4.39. The summed E-state index contributed by atoms with van der Waals surface area (Å²) in [6.07, 6.45) is 8.33. The van der Waals surface area contributed by atoms with E-state index in [2.05, 4.69) is 51.8 Å². The number of aromatic nitrogens is 4. The lowest BCUT2D eigenvalue weighted by Gasteiger charge is -2.24. The van der Waals surface area contributed by atoms with Crippen molar-refractivity contribution in [1.29, 1.82) is 0 Å². The second kappa shape index (κ2) is 6.69. The first-order valence-electron chi connectivity index (χ1n) is 9.60. The van der Waals surface area contributed by atoms with Crippen molar-refractivity contribution in [3.8, 4) is 11.4 Å². The average Bonchev–Trinajstić information content (AvgIpc) is 3.35. The summed E-state index contributed by atoms with van der Waals surface area (Å²) < 4.78 is 5.02. The Morgan fingerprint density at radius 1 is 1.15 bits per heavy atom. The Bertz CT molecular complexity index is 1020. The van der Waals surface area contributed by atoms with Gasteiger partial charge >= 0.3 is 0 Å². The van der Waals surface area contributed by atoms with Gasteiger partial charge in [0.2, 0.25) is 0 Å². The van der Waals surface area contributed by atoms with Crippen LogP contribution in [-0.2, 0) is 13.1 Å². The molecule has 0 amide bonds. The quantitative estimate of drug-likeness (QED) is 0.618.